The number of aliphatic imine (C=N–C) groups is 1. The van der Waals surface area contributed by atoms with Crippen LogP contribution in [0.1, 0.15) is 0 Å². The van der Waals surface area contributed by atoms with Crippen LogP contribution < -0.4 is 22.2 Å². The molecule has 0 radical (unpaired) electrons. The molecule has 2 aromatic carbocycles. The predicted octanol–water partition coefficient (Wildman–Crippen LogP) is 1.16. The molecule has 0 saturated heterocycles. The van der Waals surface area contributed by atoms with Crippen molar-refractivity contribution < 1.29 is 0 Å². The zero-order chi connectivity index (χ0) is 16.7. The van der Waals surface area contributed by atoms with E-state index in [4.69, 9.17) is 16.9 Å². The third-order valence-corrected chi connectivity index (χ3v) is 3.78. The topological polar surface area (TPSA) is 114 Å². The normalized spacial score (nSPS) is 15.0. The summed E-state index contributed by atoms with van der Waals surface area (Å²) in [5.74, 6) is 0. The Balaban J connectivity index is 1.89. The van der Waals surface area contributed by atoms with Crippen molar-refractivity contribution in [1.82, 2.24) is 9.97 Å². The maximum atomic E-state index is 8.19. The Morgan fingerprint density at radius 2 is 1.50 bits per heavy atom. The first-order chi connectivity index (χ1) is 11.6. The molecule has 0 bridgehead atoms. The van der Waals surface area contributed by atoms with Gasteiger partial charge in [-0.05, 0) is 42.5 Å². The maximum Gasteiger partial charge on any atom is 0.0917 e. The summed E-state index contributed by atoms with van der Waals surface area (Å²) in [5, 5.41) is 9.56. The molecule has 1 aliphatic rings. The van der Waals surface area contributed by atoms with Crippen LogP contribution in [-0.2, 0) is 0 Å². The zero-order valence-corrected chi connectivity index (χ0v) is 12.7. The monoisotopic (exact) mass is 314 g/mol. The van der Waals surface area contributed by atoms with Gasteiger partial charge in [0.1, 0.15) is 0 Å². The smallest absolute Gasteiger partial charge is 0.0917 e. The molecule has 1 aliphatic carbocycles. The number of nitrogen functional groups attached to an aromatic ring is 2. The van der Waals surface area contributed by atoms with Gasteiger partial charge in [0.25, 0.3) is 0 Å². The fourth-order valence-corrected chi connectivity index (χ4v) is 2.52. The third kappa shape index (κ3) is 2.40. The van der Waals surface area contributed by atoms with Gasteiger partial charge in [0, 0.05) is 0 Å². The summed E-state index contributed by atoms with van der Waals surface area (Å²) in [4.78, 5) is 13.6. The van der Waals surface area contributed by atoms with Crippen molar-refractivity contribution in [3.05, 3.63) is 53.2 Å². The molecule has 0 unspecified atom stereocenters. The number of benzene rings is 2. The van der Waals surface area contributed by atoms with E-state index in [1.165, 1.54) is 0 Å². The Morgan fingerprint density at radius 3 is 2.17 bits per heavy atom. The van der Waals surface area contributed by atoms with Crippen molar-refractivity contribution in [3.8, 4) is 0 Å². The van der Waals surface area contributed by atoms with Crippen molar-refractivity contribution in [1.29, 1.82) is 5.41 Å². The summed E-state index contributed by atoms with van der Waals surface area (Å²) in [6.07, 6.45) is 3.44. The molecule has 116 valence electrons. The van der Waals surface area contributed by atoms with Gasteiger partial charge in [-0.2, -0.15) is 0 Å². The third-order valence-electron chi connectivity index (χ3n) is 3.78. The van der Waals surface area contributed by atoms with Crippen molar-refractivity contribution in [2.24, 2.45) is 4.99 Å². The van der Waals surface area contributed by atoms with Crippen LogP contribution in [-0.4, -0.2) is 21.4 Å². The second kappa shape index (κ2) is 5.27. The largest absolute Gasteiger partial charge is 0.397 e. The van der Waals surface area contributed by atoms with E-state index in [1.54, 1.807) is 30.4 Å². The number of hydrogen-bond donors (Lipinski definition) is 3. The lowest BCUT2D eigenvalue weighted by Gasteiger charge is -2.07. The molecule has 4 rings (SSSR count). The molecule has 1 aromatic heterocycles. The van der Waals surface area contributed by atoms with Crippen molar-refractivity contribution in [2.45, 2.75) is 0 Å². The van der Waals surface area contributed by atoms with Gasteiger partial charge in [-0.15, -0.1) is 0 Å². The van der Waals surface area contributed by atoms with Gasteiger partial charge in [0.15, 0.2) is 0 Å². The second-order valence-electron chi connectivity index (χ2n) is 5.50. The number of nitrogens with one attached hydrogen (secondary N) is 1. The Hall–Kier alpha value is -3.54. The average molecular weight is 314 g/mol. The molecule has 5 N–H and O–H groups in total. The highest BCUT2D eigenvalue weighted by Gasteiger charge is 2.10. The quantitative estimate of drug-likeness (QED) is 0.585. The molecule has 6 heteroatoms. The average Bonchev–Trinajstić information content (AvgIpc) is 2.57. The fourth-order valence-electron chi connectivity index (χ4n) is 2.52. The highest BCUT2D eigenvalue weighted by molar-refractivity contribution is 6.61. The van der Waals surface area contributed by atoms with Crippen LogP contribution >= 0.6 is 0 Å². The molecule has 0 saturated carbocycles. The summed E-state index contributed by atoms with van der Waals surface area (Å²) in [6, 6.07) is 12.8. The van der Waals surface area contributed by atoms with Crippen molar-refractivity contribution >= 4 is 51.7 Å². The van der Waals surface area contributed by atoms with Crippen molar-refractivity contribution in [3.63, 3.8) is 0 Å². The Bertz CT molecular complexity index is 1140. The molecule has 0 amide bonds. The molecule has 1 heterocycles. The van der Waals surface area contributed by atoms with Gasteiger partial charge in [-0.3, -0.25) is 5.41 Å². The first-order valence-corrected chi connectivity index (χ1v) is 7.39. The highest BCUT2D eigenvalue weighted by Crippen LogP contribution is 2.22. The van der Waals surface area contributed by atoms with Crippen LogP contribution in [0.3, 0.4) is 0 Å². The van der Waals surface area contributed by atoms with Crippen LogP contribution in [0.2, 0.25) is 0 Å². The van der Waals surface area contributed by atoms with E-state index in [0.717, 1.165) is 11.0 Å². The summed E-state index contributed by atoms with van der Waals surface area (Å²) >= 11 is 0. The molecule has 0 atom stereocenters. The van der Waals surface area contributed by atoms with E-state index in [-0.39, 0.29) is 5.71 Å². The summed E-state index contributed by atoms with van der Waals surface area (Å²) in [6.45, 7) is 0. The lowest BCUT2D eigenvalue weighted by Crippen LogP contribution is -2.38. The van der Waals surface area contributed by atoms with Crippen LogP contribution in [0, 0.1) is 5.41 Å². The lowest BCUT2D eigenvalue weighted by molar-refractivity contribution is 1.17. The van der Waals surface area contributed by atoms with E-state index in [1.807, 2.05) is 24.3 Å². The van der Waals surface area contributed by atoms with E-state index in [2.05, 4.69) is 15.0 Å². The van der Waals surface area contributed by atoms with Gasteiger partial charge in [-0.1, -0.05) is 12.1 Å². The van der Waals surface area contributed by atoms with Gasteiger partial charge in [-0.25, -0.2) is 15.0 Å². The highest BCUT2D eigenvalue weighted by atomic mass is 14.8. The number of aromatic nitrogens is 2. The fraction of sp³-hybridized carbons (Fsp3) is 0. The Labute approximate surface area is 137 Å². The van der Waals surface area contributed by atoms with E-state index in [0.29, 0.717) is 33.5 Å². The summed E-state index contributed by atoms with van der Waals surface area (Å²) < 4.78 is 0. The van der Waals surface area contributed by atoms with Crippen LogP contribution in [0.4, 0.5) is 17.1 Å². The van der Waals surface area contributed by atoms with Gasteiger partial charge < -0.3 is 11.5 Å². The molecule has 3 aromatic rings. The van der Waals surface area contributed by atoms with Crippen molar-refractivity contribution in [2.75, 3.05) is 11.5 Å². The molecule has 0 spiro atoms. The van der Waals surface area contributed by atoms with Crippen LogP contribution in [0.25, 0.3) is 23.2 Å². The number of nitrogens with two attached hydrogens (primary N) is 2. The summed E-state index contributed by atoms with van der Waals surface area (Å²) in [7, 11) is 0. The predicted molar refractivity (Wildman–Crippen MR) is 97.8 cm³/mol. The first-order valence-electron chi connectivity index (χ1n) is 7.39. The number of hydrogen-bond acceptors (Lipinski definition) is 6. The van der Waals surface area contributed by atoms with Gasteiger partial charge >= 0.3 is 0 Å². The minimum Gasteiger partial charge on any atom is -0.397 e. The van der Waals surface area contributed by atoms with E-state index < -0.39 is 0 Å². The lowest BCUT2D eigenvalue weighted by atomic mass is 10.1. The number of anilines is 2. The van der Waals surface area contributed by atoms with Crippen LogP contribution in [0.15, 0.2) is 47.5 Å². The summed E-state index contributed by atoms with van der Waals surface area (Å²) in [5.41, 5.74) is 15.6. The van der Waals surface area contributed by atoms with Crippen LogP contribution in [0.5, 0.6) is 0 Å². The number of fused-ring (bicyclic) bond motifs is 2. The first kappa shape index (κ1) is 14.1. The Morgan fingerprint density at radius 1 is 0.833 bits per heavy atom. The van der Waals surface area contributed by atoms with E-state index >= 15 is 0 Å². The Kier molecular flexibility index (Phi) is 3.09. The number of nitrogens with zero attached hydrogens (tertiary/aromatic N) is 3. The minimum atomic E-state index is 0.280. The molecule has 24 heavy (non-hydrogen) atoms. The second-order valence-corrected chi connectivity index (χ2v) is 5.50. The SMILES string of the molecule is N=C1C=c2nc3ccccc3nc2=CC1=Nc1ccc(N)c(N)c1. The zero-order valence-electron chi connectivity index (χ0n) is 12.7. The number of para-hydroxylation sites is 2. The molecule has 6 nitrogen and oxygen atoms in total. The van der Waals surface area contributed by atoms with Gasteiger partial charge in [0.2, 0.25) is 0 Å². The molecule has 0 fully saturated rings. The van der Waals surface area contributed by atoms with E-state index in [9.17, 15) is 0 Å². The van der Waals surface area contributed by atoms with Gasteiger partial charge in [0.05, 0.1) is 50.2 Å². The molecular weight excluding hydrogens is 300 g/mol. The minimum absolute atomic E-state index is 0.280. The standard InChI is InChI=1S/C18H14N6/c19-11-6-5-10(7-12(11)20)22-16-9-18-17(8-13(16)21)23-14-3-1-2-4-15(14)24-18/h1-9,21H,19-20H2. The number of rotatable bonds is 1. The molecule has 0 aliphatic heterocycles. The molecular formula is C18H14N6. The maximum absolute atomic E-state index is 8.19.